The maximum Gasteiger partial charge on any atom is 0.339 e. The van der Waals surface area contributed by atoms with Gasteiger partial charge in [-0.25, -0.2) is 9.18 Å². The van der Waals surface area contributed by atoms with E-state index in [0.717, 1.165) is 65.6 Å². The Morgan fingerprint density at radius 1 is 0.963 bits per heavy atom. The Hall–Kier alpha value is -2.66. The summed E-state index contributed by atoms with van der Waals surface area (Å²) in [7, 11) is 0. The Morgan fingerprint density at radius 3 is 2.56 bits per heavy atom. The fraction of sp³-hybridized carbons (Fsp3) is 0.318. The summed E-state index contributed by atoms with van der Waals surface area (Å²) < 4.78 is 24.9. The van der Waals surface area contributed by atoms with E-state index < -0.39 is 0 Å². The molecule has 0 radical (unpaired) electrons. The monoisotopic (exact) mass is 366 g/mol. The van der Waals surface area contributed by atoms with E-state index in [1.807, 2.05) is 12.1 Å². The van der Waals surface area contributed by atoms with Crippen LogP contribution in [0.15, 0.2) is 45.6 Å². The minimum absolute atomic E-state index is 0.198. The smallest absolute Gasteiger partial charge is 0.339 e. The predicted octanol–water partition coefficient (Wildman–Crippen LogP) is 2.75. The third-order valence-corrected chi connectivity index (χ3v) is 5.68. The van der Waals surface area contributed by atoms with Crippen LogP contribution < -0.4 is 15.3 Å². The number of fused-ring (bicyclic) bond motifs is 5. The molecule has 2 aromatic carbocycles. The summed E-state index contributed by atoms with van der Waals surface area (Å²) in [5, 5.41) is 1.05. The normalized spacial score (nSPS) is 18.6. The van der Waals surface area contributed by atoms with E-state index >= 15 is 0 Å². The molecule has 1 N–H and O–H groups in total. The molecule has 3 aromatic rings. The molecule has 1 atom stereocenters. The second-order valence-corrected chi connectivity index (χ2v) is 7.49. The molecule has 1 aliphatic heterocycles. The molecule has 1 aromatic heterocycles. The predicted molar refractivity (Wildman–Crippen MR) is 99.4 cm³/mol. The molecule has 27 heavy (non-hydrogen) atoms. The number of hydrogen-bond acceptors (Lipinski definition) is 3. The molecule has 0 amide bonds. The van der Waals surface area contributed by atoms with Gasteiger partial charge < -0.3 is 9.15 Å². The summed E-state index contributed by atoms with van der Waals surface area (Å²) in [5.41, 5.74) is 4.49. The molecule has 1 aliphatic carbocycles. The van der Waals surface area contributed by atoms with Crippen LogP contribution >= 0.6 is 0 Å². The first-order chi connectivity index (χ1) is 13.2. The lowest BCUT2D eigenvalue weighted by Crippen LogP contribution is -3.10. The molecule has 0 fully saturated rings. The van der Waals surface area contributed by atoms with Crippen LogP contribution in [0.4, 0.5) is 4.39 Å². The van der Waals surface area contributed by atoms with Gasteiger partial charge in [-0.2, -0.15) is 0 Å². The minimum Gasteiger partial charge on any atom is -0.445 e. The summed E-state index contributed by atoms with van der Waals surface area (Å²) in [6, 6.07) is 10.6. The highest BCUT2D eigenvalue weighted by molar-refractivity contribution is 5.86. The lowest BCUT2D eigenvalue weighted by Gasteiger charge is -2.27. The highest BCUT2D eigenvalue weighted by Gasteiger charge is 2.27. The van der Waals surface area contributed by atoms with E-state index in [1.165, 1.54) is 17.0 Å². The Labute approximate surface area is 156 Å². The number of benzene rings is 2. The van der Waals surface area contributed by atoms with Crippen molar-refractivity contribution >= 4 is 11.0 Å². The third kappa shape index (κ3) is 2.92. The van der Waals surface area contributed by atoms with Gasteiger partial charge in [0.1, 0.15) is 24.7 Å². The molecular weight excluding hydrogens is 345 g/mol. The maximum absolute atomic E-state index is 13.1. The summed E-state index contributed by atoms with van der Waals surface area (Å²) in [6.07, 6.45) is 3.90. The molecule has 2 heterocycles. The second kappa shape index (κ2) is 6.50. The Kier molecular flexibility index (Phi) is 3.97. The van der Waals surface area contributed by atoms with Crippen LogP contribution in [0.5, 0.6) is 5.75 Å². The van der Waals surface area contributed by atoms with Crippen LogP contribution in [0.3, 0.4) is 0 Å². The van der Waals surface area contributed by atoms with E-state index in [9.17, 15) is 9.18 Å². The molecular formula is C22H21FNO3+. The minimum atomic E-state index is -0.230. The van der Waals surface area contributed by atoms with Gasteiger partial charge in [0.25, 0.3) is 0 Å². The van der Waals surface area contributed by atoms with E-state index in [2.05, 4.69) is 0 Å². The van der Waals surface area contributed by atoms with Crippen LogP contribution in [0.2, 0.25) is 0 Å². The Balaban J connectivity index is 1.54. The number of quaternary nitrogens is 1. The number of hydrogen-bond donors (Lipinski definition) is 1. The standard InChI is InChI=1S/C22H20FNO3/c23-15-7-5-14(6-8-15)11-24-12-19-20(26-13-24)10-9-17-16-3-1-2-4-18(16)22(25)27-21(17)19/h5-10H,1-4,11-13H2/p+1. The molecule has 0 bridgehead atoms. The Bertz CT molecular complexity index is 1070. The summed E-state index contributed by atoms with van der Waals surface area (Å²) in [6.45, 7) is 1.97. The van der Waals surface area contributed by atoms with Gasteiger partial charge in [-0.3, -0.25) is 4.90 Å². The first-order valence-corrected chi connectivity index (χ1v) is 9.50. The molecule has 5 rings (SSSR count). The largest absolute Gasteiger partial charge is 0.445 e. The fourth-order valence-corrected chi connectivity index (χ4v) is 4.33. The third-order valence-electron chi connectivity index (χ3n) is 5.68. The molecule has 0 saturated heterocycles. The van der Waals surface area contributed by atoms with Crippen LogP contribution in [0.1, 0.15) is 35.1 Å². The zero-order valence-corrected chi connectivity index (χ0v) is 15.0. The van der Waals surface area contributed by atoms with Crippen molar-refractivity contribution in [1.29, 1.82) is 0 Å². The maximum atomic E-state index is 13.1. The van der Waals surface area contributed by atoms with E-state index in [-0.39, 0.29) is 11.4 Å². The first kappa shape index (κ1) is 16.5. The lowest BCUT2D eigenvalue weighted by molar-refractivity contribution is -0.945. The molecule has 0 spiro atoms. The van der Waals surface area contributed by atoms with Crippen molar-refractivity contribution in [2.75, 3.05) is 6.73 Å². The van der Waals surface area contributed by atoms with Crippen molar-refractivity contribution in [2.24, 2.45) is 0 Å². The van der Waals surface area contributed by atoms with E-state index in [4.69, 9.17) is 9.15 Å². The van der Waals surface area contributed by atoms with Gasteiger partial charge in [0.15, 0.2) is 5.58 Å². The van der Waals surface area contributed by atoms with Gasteiger partial charge in [0.2, 0.25) is 6.73 Å². The zero-order valence-electron chi connectivity index (χ0n) is 15.0. The molecule has 1 unspecified atom stereocenters. The molecule has 0 saturated carbocycles. The molecule has 2 aliphatic rings. The topological polar surface area (TPSA) is 43.9 Å². The highest BCUT2D eigenvalue weighted by atomic mass is 19.1. The van der Waals surface area contributed by atoms with Crippen LogP contribution in [-0.2, 0) is 25.9 Å². The number of rotatable bonds is 2. The van der Waals surface area contributed by atoms with E-state index in [0.29, 0.717) is 18.9 Å². The Morgan fingerprint density at radius 2 is 1.74 bits per heavy atom. The average Bonchev–Trinajstić information content (AvgIpc) is 2.70. The first-order valence-electron chi connectivity index (χ1n) is 9.50. The van der Waals surface area contributed by atoms with Crippen molar-refractivity contribution in [3.63, 3.8) is 0 Å². The van der Waals surface area contributed by atoms with Crippen LogP contribution in [0.25, 0.3) is 11.0 Å². The summed E-state index contributed by atoms with van der Waals surface area (Å²) in [5.74, 6) is 0.566. The zero-order chi connectivity index (χ0) is 18.4. The number of halogens is 1. The van der Waals surface area contributed by atoms with Gasteiger partial charge in [-0.1, -0.05) is 12.1 Å². The molecule has 138 valence electrons. The van der Waals surface area contributed by atoms with Gasteiger partial charge in [0.05, 0.1) is 5.56 Å². The molecule has 4 nitrogen and oxygen atoms in total. The van der Waals surface area contributed by atoms with Crippen molar-refractivity contribution in [1.82, 2.24) is 0 Å². The molecule has 5 heteroatoms. The SMILES string of the molecule is O=c1oc2c3c(ccc2c2c1CCCC2)OC[NH+](Cc1ccc(F)cc1)C3. The van der Waals surface area contributed by atoms with Gasteiger partial charge >= 0.3 is 5.63 Å². The summed E-state index contributed by atoms with van der Waals surface area (Å²) >= 11 is 0. The summed E-state index contributed by atoms with van der Waals surface area (Å²) in [4.78, 5) is 13.7. The van der Waals surface area contributed by atoms with Crippen LogP contribution in [-0.4, -0.2) is 6.73 Å². The fourth-order valence-electron chi connectivity index (χ4n) is 4.33. The van der Waals surface area contributed by atoms with Crippen molar-refractivity contribution in [2.45, 2.75) is 38.8 Å². The lowest BCUT2D eigenvalue weighted by atomic mass is 9.90. The number of aryl methyl sites for hydroxylation is 1. The number of nitrogens with one attached hydrogen (secondary N) is 1. The van der Waals surface area contributed by atoms with Gasteiger partial charge in [0, 0.05) is 16.5 Å². The van der Waals surface area contributed by atoms with Gasteiger partial charge in [-0.15, -0.1) is 0 Å². The van der Waals surface area contributed by atoms with Crippen LogP contribution in [0, 0.1) is 5.82 Å². The quantitative estimate of drug-likeness (QED) is 0.710. The van der Waals surface area contributed by atoms with E-state index in [1.54, 1.807) is 12.1 Å². The number of ether oxygens (including phenoxy) is 1. The van der Waals surface area contributed by atoms with Crippen molar-refractivity contribution < 1.29 is 18.4 Å². The average molecular weight is 366 g/mol. The van der Waals surface area contributed by atoms with Gasteiger partial charge in [-0.05, 0) is 55.5 Å². The van der Waals surface area contributed by atoms with Crippen molar-refractivity contribution in [3.8, 4) is 5.75 Å². The van der Waals surface area contributed by atoms with Crippen molar-refractivity contribution in [3.05, 3.63) is 74.9 Å². The highest BCUT2D eigenvalue weighted by Crippen LogP contribution is 2.33. The second-order valence-electron chi connectivity index (χ2n) is 7.49.